The van der Waals surface area contributed by atoms with E-state index in [1.54, 1.807) is 28.8 Å². The Morgan fingerprint density at radius 3 is 2.37 bits per heavy atom. The summed E-state index contributed by atoms with van der Waals surface area (Å²) in [5.41, 5.74) is 4.53. The topological polar surface area (TPSA) is 95.9 Å². The number of imidazole rings is 1. The van der Waals surface area contributed by atoms with Crippen LogP contribution in [0.5, 0.6) is 11.5 Å². The lowest BCUT2D eigenvalue weighted by Gasteiger charge is -2.32. The highest BCUT2D eigenvalue weighted by molar-refractivity contribution is 8.93. The summed E-state index contributed by atoms with van der Waals surface area (Å²) in [6, 6.07) is 15.0. The molecule has 6 rings (SSSR count). The minimum Gasteiger partial charge on any atom is -0.504 e. The minimum absolute atomic E-state index is 0. The number of halogens is 4. The van der Waals surface area contributed by atoms with Crippen molar-refractivity contribution in [3.63, 3.8) is 0 Å². The number of nitrogens with zero attached hydrogens (tertiary/aromatic N) is 5. The van der Waals surface area contributed by atoms with Crippen molar-refractivity contribution < 1.29 is 14.6 Å². The lowest BCUT2D eigenvalue weighted by atomic mass is 9.93. The molecular formula is C31H35Br3FN5O3. The summed E-state index contributed by atoms with van der Waals surface area (Å²) in [4.78, 5) is 24.9. The first-order valence-corrected chi connectivity index (χ1v) is 13.7. The highest BCUT2D eigenvalue weighted by Gasteiger charge is 2.23. The van der Waals surface area contributed by atoms with Gasteiger partial charge in [0, 0.05) is 49.1 Å². The Hall–Kier alpha value is -2.80. The van der Waals surface area contributed by atoms with E-state index >= 15 is 0 Å². The van der Waals surface area contributed by atoms with E-state index in [9.17, 15) is 19.4 Å². The molecule has 0 saturated carbocycles. The van der Waals surface area contributed by atoms with Crippen LogP contribution in [0.25, 0.3) is 16.7 Å². The van der Waals surface area contributed by atoms with Crippen molar-refractivity contribution in [2.75, 3.05) is 19.6 Å². The first-order chi connectivity index (χ1) is 19.4. The van der Waals surface area contributed by atoms with Crippen molar-refractivity contribution in [3.05, 3.63) is 99.6 Å². The van der Waals surface area contributed by atoms with E-state index in [1.807, 2.05) is 25.1 Å². The maximum Gasteiger partial charge on any atom is 0.261 e. The van der Waals surface area contributed by atoms with E-state index in [1.165, 1.54) is 18.2 Å². The van der Waals surface area contributed by atoms with Crippen molar-refractivity contribution in [2.24, 2.45) is 5.92 Å². The number of aryl methyl sites for hydroxylation is 1. The first-order valence-electron chi connectivity index (χ1n) is 13.7. The number of phenols is 2. The third-order valence-electron chi connectivity index (χ3n) is 8.07. The number of phenolic OH excluding ortho intramolecular Hbond substituents is 2. The number of aromatic nitrogens is 4. The van der Waals surface area contributed by atoms with E-state index < -0.39 is 0 Å². The van der Waals surface area contributed by atoms with Crippen molar-refractivity contribution in [2.45, 2.75) is 39.2 Å². The maximum atomic E-state index is 13.5. The van der Waals surface area contributed by atoms with Crippen molar-refractivity contribution >= 4 is 67.6 Å². The summed E-state index contributed by atoms with van der Waals surface area (Å²) >= 11 is 0. The van der Waals surface area contributed by atoms with Gasteiger partial charge in [0.15, 0.2) is 11.5 Å². The standard InChI is InChI=1S/C31H32FN5O3.3BrH/c1-20-24(31(40)36-12-3-2-4-29(36)33-20)11-15-35-13-9-21(10-14-35)16-30-34-25-17-27(38)28(39)18-26(25)37(30)19-22-5-7-23(32)8-6-22;;;/h2-8,12,17-18,21,38-39H,9-11,13-16,19H2,1H3;3*1H. The third kappa shape index (κ3) is 7.47. The summed E-state index contributed by atoms with van der Waals surface area (Å²) in [6.07, 6.45) is 5.21. The number of pyridine rings is 1. The lowest BCUT2D eigenvalue weighted by Crippen LogP contribution is -2.37. The molecule has 3 aromatic heterocycles. The lowest BCUT2D eigenvalue weighted by molar-refractivity contribution is 0.184. The number of hydrogen-bond acceptors (Lipinski definition) is 6. The predicted molar refractivity (Wildman–Crippen MR) is 182 cm³/mol. The Kier molecular flexibility index (Phi) is 11.9. The molecule has 2 N–H and O–H groups in total. The Morgan fingerprint density at radius 2 is 1.65 bits per heavy atom. The fourth-order valence-electron chi connectivity index (χ4n) is 5.77. The largest absolute Gasteiger partial charge is 0.504 e. The van der Waals surface area contributed by atoms with Gasteiger partial charge in [0.1, 0.15) is 17.3 Å². The van der Waals surface area contributed by atoms with Crippen LogP contribution in [0.15, 0.2) is 65.6 Å². The Bertz CT molecular complexity index is 1750. The van der Waals surface area contributed by atoms with Crippen molar-refractivity contribution in [1.29, 1.82) is 0 Å². The van der Waals surface area contributed by atoms with Gasteiger partial charge in [0.05, 0.1) is 11.0 Å². The molecule has 1 aliphatic heterocycles. The van der Waals surface area contributed by atoms with Crippen LogP contribution in [-0.2, 0) is 19.4 Å². The smallest absolute Gasteiger partial charge is 0.261 e. The molecular weight excluding hydrogens is 749 g/mol. The Balaban J connectivity index is 0.00000169. The number of fused-ring (bicyclic) bond motifs is 2. The summed E-state index contributed by atoms with van der Waals surface area (Å²) in [5.74, 6) is 0.635. The monoisotopic (exact) mass is 781 g/mol. The van der Waals surface area contributed by atoms with Gasteiger partial charge in [-0.25, -0.2) is 14.4 Å². The molecule has 0 amide bonds. The molecule has 1 fully saturated rings. The molecule has 0 aliphatic carbocycles. The summed E-state index contributed by atoms with van der Waals surface area (Å²) < 4.78 is 17.2. The molecule has 8 nitrogen and oxygen atoms in total. The number of hydrogen-bond donors (Lipinski definition) is 2. The van der Waals surface area contributed by atoms with Crippen LogP contribution in [0.2, 0.25) is 0 Å². The zero-order valence-corrected chi connectivity index (χ0v) is 28.8. The van der Waals surface area contributed by atoms with E-state index in [0.29, 0.717) is 30.0 Å². The molecule has 12 heteroatoms. The van der Waals surface area contributed by atoms with Crippen LogP contribution in [0, 0.1) is 18.7 Å². The molecule has 5 aromatic rings. The molecule has 0 radical (unpaired) electrons. The van der Waals surface area contributed by atoms with E-state index in [2.05, 4.69) is 14.5 Å². The van der Waals surface area contributed by atoms with Crippen LogP contribution in [-0.4, -0.2) is 53.7 Å². The van der Waals surface area contributed by atoms with Crippen molar-refractivity contribution in [3.8, 4) is 11.5 Å². The number of rotatable bonds is 7. The molecule has 1 aliphatic rings. The molecule has 0 unspecified atom stereocenters. The van der Waals surface area contributed by atoms with Gasteiger partial charge >= 0.3 is 0 Å². The molecule has 230 valence electrons. The second-order valence-corrected chi connectivity index (χ2v) is 10.7. The van der Waals surface area contributed by atoms with E-state index in [-0.39, 0.29) is 73.8 Å². The van der Waals surface area contributed by atoms with Crippen molar-refractivity contribution in [1.82, 2.24) is 23.8 Å². The van der Waals surface area contributed by atoms with Gasteiger partial charge in [-0.05, 0) is 75.0 Å². The molecule has 1 saturated heterocycles. The summed E-state index contributed by atoms with van der Waals surface area (Å²) in [7, 11) is 0. The predicted octanol–water partition coefficient (Wildman–Crippen LogP) is 6.18. The van der Waals surface area contributed by atoms with Crippen LogP contribution in [0.1, 0.15) is 35.5 Å². The van der Waals surface area contributed by atoms with Gasteiger partial charge < -0.3 is 19.7 Å². The highest BCUT2D eigenvalue weighted by Crippen LogP contribution is 2.32. The normalized spacial score (nSPS) is 13.8. The fourth-order valence-corrected chi connectivity index (χ4v) is 5.77. The summed E-state index contributed by atoms with van der Waals surface area (Å²) in [5, 5.41) is 20.2. The number of benzene rings is 2. The number of piperidine rings is 1. The zero-order chi connectivity index (χ0) is 27.8. The third-order valence-corrected chi connectivity index (χ3v) is 8.07. The molecule has 2 aromatic carbocycles. The first kappa shape index (κ1) is 34.7. The Morgan fingerprint density at radius 1 is 0.953 bits per heavy atom. The van der Waals surface area contributed by atoms with Crippen LogP contribution in [0.3, 0.4) is 0 Å². The molecule has 0 bridgehead atoms. The van der Waals surface area contributed by atoms with Crippen LogP contribution >= 0.6 is 50.9 Å². The maximum absolute atomic E-state index is 13.5. The molecule has 0 spiro atoms. The molecule has 4 heterocycles. The van der Waals surface area contributed by atoms with E-state index in [4.69, 9.17) is 4.98 Å². The minimum atomic E-state index is -0.286. The van der Waals surface area contributed by atoms with Gasteiger partial charge in [0.25, 0.3) is 5.56 Å². The quantitative estimate of drug-likeness (QED) is 0.192. The highest BCUT2D eigenvalue weighted by atomic mass is 79.9. The molecule has 0 atom stereocenters. The number of aromatic hydroxyl groups is 2. The second kappa shape index (κ2) is 14.8. The second-order valence-electron chi connectivity index (χ2n) is 10.7. The SMILES string of the molecule is Br.Br.Br.Cc1nc2ccccn2c(=O)c1CCN1CCC(Cc2nc3cc(O)c(O)cc3n2Cc2ccc(F)cc2)CC1. The average Bonchev–Trinajstić information content (AvgIpc) is 3.26. The summed E-state index contributed by atoms with van der Waals surface area (Å²) in [6.45, 7) is 5.08. The zero-order valence-electron chi connectivity index (χ0n) is 23.6. The van der Waals surface area contributed by atoms with Gasteiger partial charge in [-0.3, -0.25) is 9.20 Å². The Labute approximate surface area is 280 Å². The fraction of sp³-hybridized carbons (Fsp3) is 0.323. The average molecular weight is 784 g/mol. The van der Waals surface area contributed by atoms with Crippen LogP contribution in [0.4, 0.5) is 4.39 Å². The van der Waals surface area contributed by atoms with Crippen LogP contribution < -0.4 is 5.56 Å². The molecule has 43 heavy (non-hydrogen) atoms. The van der Waals surface area contributed by atoms with Gasteiger partial charge in [-0.1, -0.05) is 18.2 Å². The van der Waals surface area contributed by atoms with Gasteiger partial charge in [0.2, 0.25) is 0 Å². The van der Waals surface area contributed by atoms with E-state index in [0.717, 1.165) is 67.1 Å². The number of likely N-dealkylation sites (tertiary alicyclic amines) is 1. The van der Waals surface area contributed by atoms with Gasteiger partial charge in [-0.15, -0.1) is 50.9 Å². The van der Waals surface area contributed by atoms with Gasteiger partial charge in [-0.2, -0.15) is 0 Å².